The van der Waals surface area contributed by atoms with Crippen molar-refractivity contribution in [3.8, 4) is 0 Å². The van der Waals surface area contributed by atoms with Gasteiger partial charge < -0.3 is 5.73 Å². The van der Waals surface area contributed by atoms with Crippen molar-refractivity contribution in [2.24, 2.45) is 21.8 Å². The monoisotopic (exact) mass is 230 g/mol. The molecule has 0 aromatic heterocycles. The Labute approximate surface area is 98.9 Å². The van der Waals surface area contributed by atoms with Crippen LogP contribution in [0.3, 0.4) is 0 Å². The number of fused-ring (bicyclic) bond motifs is 1. The minimum absolute atomic E-state index is 0.0467. The van der Waals surface area contributed by atoms with Gasteiger partial charge in [0.15, 0.2) is 0 Å². The van der Waals surface area contributed by atoms with Gasteiger partial charge in [0.05, 0.1) is 11.8 Å². The van der Waals surface area contributed by atoms with Crippen molar-refractivity contribution < 1.29 is 0 Å². The van der Waals surface area contributed by atoms with E-state index in [0.717, 1.165) is 22.4 Å². The first-order valence-electron chi connectivity index (χ1n) is 5.15. The molecule has 0 aliphatic heterocycles. The highest BCUT2D eigenvalue weighted by atomic mass is 15.3. The summed E-state index contributed by atoms with van der Waals surface area (Å²) >= 11 is 0. The maximum Gasteiger partial charge on any atom is 0.123 e. The van der Waals surface area contributed by atoms with E-state index >= 15 is 0 Å². The highest BCUT2D eigenvalue weighted by Gasteiger charge is 2.30. The van der Waals surface area contributed by atoms with Gasteiger partial charge in [-0.1, -0.05) is 18.2 Å². The lowest BCUT2D eigenvalue weighted by Crippen LogP contribution is -2.39. The van der Waals surface area contributed by atoms with Gasteiger partial charge in [-0.05, 0) is 12.0 Å². The molecule has 0 amide bonds. The summed E-state index contributed by atoms with van der Waals surface area (Å²) in [5.74, 6) is 5.53. The molecule has 0 bridgehead atoms. The Morgan fingerprint density at radius 2 is 2.29 bits per heavy atom. The van der Waals surface area contributed by atoms with Crippen LogP contribution in [-0.2, 0) is 6.42 Å². The van der Waals surface area contributed by atoms with E-state index in [1.807, 2.05) is 18.2 Å². The van der Waals surface area contributed by atoms with E-state index in [0.29, 0.717) is 6.42 Å². The smallest absolute Gasteiger partial charge is 0.123 e. The third-order valence-corrected chi connectivity index (χ3v) is 2.86. The average Bonchev–Trinajstić information content (AvgIpc) is 2.67. The van der Waals surface area contributed by atoms with Crippen LogP contribution in [0.25, 0.3) is 0 Å². The molecule has 0 heterocycles. The van der Waals surface area contributed by atoms with Crippen molar-refractivity contribution in [2.75, 3.05) is 0 Å². The van der Waals surface area contributed by atoms with Crippen LogP contribution in [0.1, 0.15) is 16.7 Å². The summed E-state index contributed by atoms with van der Waals surface area (Å²) in [7, 11) is 0. The first-order chi connectivity index (χ1) is 8.19. The Hall–Kier alpha value is -2.05. The molecule has 1 aliphatic rings. The molecule has 1 unspecified atom stereocenters. The Kier molecular flexibility index (Phi) is 2.99. The zero-order valence-corrected chi connectivity index (χ0v) is 9.27. The molecule has 0 radical (unpaired) electrons. The van der Waals surface area contributed by atoms with E-state index < -0.39 is 0 Å². The molecule has 0 saturated heterocycles. The number of hydrazine groups is 1. The maximum absolute atomic E-state index is 7.55. The van der Waals surface area contributed by atoms with Gasteiger partial charge in [0.1, 0.15) is 5.84 Å². The summed E-state index contributed by atoms with van der Waals surface area (Å²) in [5.41, 5.74) is 11.6. The minimum atomic E-state index is -0.115. The molecule has 17 heavy (non-hydrogen) atoms. The van der Waals surface area contributed by atoms with Crippen LogP contribution in [0, 0.1) is 5.41 Å². The van der Waals surface area contributed by atoms with E-state index in [-0.39, 0.29) is 11.9 Å². The quantitative estimate of drug-likeness (QED) is 0.249. The molecule has 0 fully saturated rings. The van der Waals surface area contributed by atoms with Crippen LogP contribution in [0.15, 0.2) is 28.4 Å². The lowest BCUT2D eigenvalue weighted by atomic mass is 10.0. The Morgan fingerprint density at radius 3 is 2.88 bits per heavy atom. The topological polar surface area (TPSA) is 113 Å². The van der Waals surface area contributed by atoms with Gasteiger partial charge in [0.25, 0.3) is 0 Å². The van der Waals surface area contributed by atoms with Gasteiger partial charge in [0.2, 0.25) is 0 Å². The van der Waals surface area contributed by atoms with Crippen LogP contribution in [0.2, 0.25) is 0 Å². The van der Waals surface area contributed by atoms with Crippen molar-refractivity contribution in [3.63, 3.8) is 0 Å². The predicted molar refractivity (Wildman–Crippen MR) is 68.4 cm³/mol. The fourth-order valence-corrected chi connectivity index (χ4v) is 2.13. The summed E-state index contributed by atoms with van der Waals surface area (Å²) in [4.78, 5) is 0. The molecule has 6 nitrogen and oxygen atoms in total. The number of hydrogen-bond acceptors (Lipinski definition) is 5. The van der Waals surface area contributed by atoms with Crippen LogP contribution < -0.4 is 17.0 Å². The summed E-state index contributed by atoms with van der Waals surface area (Å²) in [6.07, 6.45) is 0.649. The molecular formula is C11H14N6. The number of hydrogen-bond donors (Lipinski definition) is 4. The van der Waals surface area contributed by atoms with Crippen molar-refractivity contribution in [3.05, 3.63) is 34.9 Å². The van der Waals surface area contributed by atoms with Gasteiger partial charge >= 0.3 is 0 Å². The van der Waals surface area contributed by atoms with E-state index in [9.17, 15) is 0 Å². The largest absolute Gasteiger partial charge is 0.384 e. The number of nitrogens with zero attached hydrogens (tertiary/aromatic N) is 2. The number of nitrogens with two attached hydrogens (primary N) is 2. The molecular weight excluding hydrogens is 216 g/mol. The third kappa shape index (κ3) is 1.83. The van der Waals surface area contributed by atoms with Gasteiger partial charge in [-0.15, -0.1) is 0 Å². The molecule has 6 N–H and O–H groups in total. The number of amidine groups is 1. The highest BCUT2D eigenvalue weighted by molar-refractivity contribution is 6.11. The second-order valence-electron chi connectivity index (χ2n) is 3.80. The van der Waals surface area contributed by atoms with E-state index in [2.05, 4.69) is 22.3 Å². The molecule has 1 aromatic rings. The van der Waals surface area contributed by atoms with Crippen LogP contribution >= 0.6 is 0 Å². The predicted octanol–water partition coefficient (Wildman–Crippen LogP) is -0.237. The number of benzene rings is 1. The summed E-state index contributed by atoms with van der Waals surface area (Å²) in [6.45, 7) is 3.35. The fraction of sp³-hybridized carbons (Fsp3) is 0.182. The number of rotatable bonds is 3. The second-order valence-corrected chi connectivity index (χ2v) is 3.80. The van der Waals surface area contributed by atoms with Crippen molar-refractivity contribution in [1.82, 2.24) is 5.43 Å². The Morgan fingerprint density at radius 1 is 1.53 bits per heavy atom. The SMILES string of the molecule is C=NN=C1c2cccc(C(=N)N)c2CC1NN. The third-order valence-electron chi connectivity index (χ3n) is 2.86. The van der Waals surface area contributed by atoms with Gasteiger partial charge in [-0.3, -0.25) is 16.7 Å². The summed E-state index contributed by atoms with van der Waals surface area (Å²) < 4.78 is 0. The van der Waals surface area contributed by atoms with E-state index in [4.69, 9.17) is 17.0 Å². The maximum atomic E-state index is 7.55. The first-order valence-corrected chi connectivity index (χ1v) is 5.15. The molecule has 2 rings (SSSR count). The molecule has 1 atom stereocenters. The van der Waals surface area contributed by atoms with E-state index in [1.54, 1.807) is 0 Å². The van der Waals surface area contributed by atoms with Crippen molar-refractivity contribution >= 4 is 18.3 Å². The number of nitrogens with one attached hydrogen (secondary N) is 2. The Balaban J connectivity index is 2.58. The zero-order valence-electron chi connectivity index (χ0n) is 9.27. The summed E-state index contributed by atoms with van der Waals surface area (Å²) in [6, 6.07) is 5.46. The molecule has 0 spiro atoms. The average molecular weight is 230 g/mol. The molecule has 6 heteroatoms. The minimum Gasteiger partial charge on any atom is -0.384 e. The standard InChI is InChI=1S/C11H14N6/c1-15-17-10-6-3-2-4-7(11(12)13)8(6)5-9(10)16-14/h2-4,9,16H,1,5,14H2,(H3,12,13). The lowest BCUT2D eigenvalue weighted by Gasteiger charge is -2.07. The number of nitrogen functional groups attached to an aromatic ring is 1. The molecule has 1 aromatic carbocycles. The zero-order chi connectivity index (χ0) is 12.4. The van der Waals surface area contributed by atoms with Crippen LogP contribution in [-0.4, -0.2) is 24.3 Å². The van der Waals surface area contributed by atoms with Crippen molar-refractivity contribution in [1.29, 1.82) is 5.41 Å². The molecule has 0 saturated carbocycles. The van der Waals surface area contributed by atoms with Crippen molar-refractivity contribution in [2.45, 2.75) is 12.5 Å². The fourth-order valence-electron chi connectivity index (χ4n) is 2.13. The molecule has 1 aliphatic carbocycles. The van der Waals surface area contributed by atoms with Gasteiger partial charge in [-0.25, -0.2) is 0 Å². The first kappa shape index (κ1) is 11.4. The van der Waals surface area contributed by atoms with E-state index in [1.165, 1.54) is 0 Å². The lowest BCUT2D eigenvalue weighted by molar-refractivity contribution is 0.659. The van der Waals surface area contributed by atoms with Gasteiger partial charge in [0, 0.05) is 17.8 Å². The normalized spacial score (nSPS) is 20.3. The van der Waals surface area contributed by atoms with Crippen LogP contribution in [0.4, 0.5) is 0 Å². The Bertz CT molecular complexity index is 505. The van der Waals surface area contributed by atoms with Crippen LogP contribution in [0.5, 0.6) is 0 Å². The second kappa shape index (κ2) is 4.44. The van der Waals surface area contributed by atoms with Gasteiger partial charge in [-0.2, -0.15) is 10.2 Å². The molecule has 88 valence electrons. The summed E-state index contributed by atoms with van der Waals surface area (Å²) in [5, 5.41) is 15.1. The highest BCUT2D eigenvalue weighted by Crippen LogP contribution is 2.26.